The second-order valence-corrected chi connectivity index (χ2v) is 4.98. The highest BCUT2D eigenvalue weighted by Crippen LogP contribution is 2.15. The van der Waals surface area contributed by atoms with Crippen LogP contribution in [0.5, 0.6) is 0 Å². The Morgan fingerprint density at radius 3 is 2.47 bits per heavy atom. The Morgan fingerprint density at radius 1 is 1.24 bits per heavy atom. The Labute approximate surface area is 106 Å². The first-order valence-corrected chi connectivity index (χ1v) is 6.75. The zero-order chi connectivity index (χ0) is 12.5. The van der Waals surface area contributed by atoms with Crippen LogP contribution in [0.15, 0.2) is 0 Å². The van der Waals surface area contributed by atoms with Crippen molar-refractivity contribution < 1.29 is 9.47 Å². The van der Waals surface area contributed by atoms with Gasteiger partial charge in [0.1, 0.15) is 0 Å². The van der Waals surface area contributed by atoms with Gasteiger partial charge in [0.2, 0.25) is 0 Å². The summed E-state index contributed by atoms with van der Waals surface area (Å²) in [6.45, 7) is 7.93. The van der Waals surface area contributed by atoms with E-state index in [1.165, 1.54) is 38.9 Å². The van der Waals surface area contributed by atoms with Gasteiger partial charge in [0.05, 0.1) is 0 Å². The zero-order valence-electron chi connectivity index (χ0n) is 11.6. The molecule has 0 spiro atoms. The fourth-order valence-corrected chi connectivity index (χ4v) is 2.20. The highest BCUT2D eigenvalue weighted by molar-refractivity contribution is 4.69. The molecule has 1 fully saturated rings. The Bertz CT molecular complexity index is 178. The maximum Gasteiger partial charge on any atom is 0.169 e. The molecule has 102 valence electrons. The fraction of sp³-hybridized carbons (Fsp3) is 1.00. The van der Waals surface area contributed by atoms with Crippen molar-refractivity contribution in [1.29, 1.82) is 0 Å². The lowest BCUT2D eigenvalue weighted by Gasteiger charge is -2.30. The predicted molar refractivity (Wildman–Crippen MR) is 70.1 cm³/mol. The fourth-order valence-electron chi connectivity index (χ4n) is 2.20. The van der Waals surface area contributed by atoms with Crippen molar-refractivity contribution >= 4 is 0 Å². The van der Waals surface area contributed by atoms with Gasteiger partial charge in [0, 0.05) is 20.8 Å². The summed E-state index contributed by atoms with van der Waals surface area (Å²) in [5.41, 5.74) is 0. The van der Waals surface area contributed by atoms with E-state index >= 15 is 0 Å². The maximum atomic E-state index is 5.11. The van der Waals surface area contributed by atoms with Crippen molar-refractivity contribution in [2.24, 2.45) is 5.92 Å². The third kappa shape index (κ3) is 6.36. The Hall–Kier alpha value is -0.160. The Balaban J connectivity index is 1.93. The molecule has 1 saturated heterocycles. The quantitative estimate of drug-likeness (QED) is 0.516. The van der Waals surface area contributed by atoms with E-state index in [9.17, 15) is 0 Å². The number of rotatable bonds is 8. The van der Waals surface area contributed by atoms with E-state index < -0.39 is 0 Å². The largest absolute Gasteiger partial charge is 0.355 e. The van der Waals surface area contributed by atoms with Crippen molar-refractivity contribution in [3.63, 3.8) is 0 Å². The molecule has 0 aromatic heterocycles. The molecule has 1 N–H and O–H groups in total. The van der Waals surface area contributed by atoms with Gasteiger partial charge in [-0.15, -0.1) is 0 Å². The van der Waals surface area contributed by atoms with Crippen LogP contribution in [-0.2, 0) is 9.47 Å². The zero-order valence-corrected chi connectivity index (χ0v) is 11.6. The van der Waals surface area contributed by atoms with Crippen LogP contribution in [-0.4, -0.2) is 58.1 Å². The standard InChI is InChI=1S/C13H28N2O2/c1-12-5-9-15(10-6-12)8-4-7-14-11-13(16-2)17-3/h12-14H,4-11H2,1-3H3. The van der Waals surface area contributed by atoms with E-state index in [2.05, 4.69) is 17.1 Å². The van der Waals surface area contributed by atoms with Crippen LogP contribution < -0.4 is 5.32 Å². The Morgan fingerprint density at radius 2 is 1.88 bits per heavy atom. The Kier molecular flexibility index (Phi) is 7.77. The summed E-state index contributed by atoms with van der Waals surface area (Å²) in [5, 5.41) is 3.36. The summed E-state index contributed by atoms with van der Waals surface area (Å²) in [7, 11) is 3.34. The van der Waals surface area contributed by atoms with Gasteiger partial charge in [-0.3, -0.25) is 0 Å². The molecule has 4 nitrogen and oxygen atoms in total. The van der Waals surface area contributed by atoms with Crippen molar-refractivity contribution in [2.45, 2.75) is 32.5 Å². The molecule has 1 aliphatic rings. The first-order chi connectivity index (χ1) is 8.26. The number of likely N-dealkylation sites (tertiary alicyclic amines) is 1. The summed E-state index contributed by atoms with van der Waals surface area (Å²) in [5.74, 6) is 0.925. The van der Waals surface area contributed by atoms with Gasteiger partial charge in [0.15, 0.2) is 6.29 Å². The first kappa shape index (κ1) is 14.9. The molecule has 0 aromatic rings. The van der Waals surface area contributed by atoms with Gasteiger partial charge in [-0.05, 0) is 51.4 Å². The van der Waals surface area contributed by atoms with E-state index in [-0.39, 0.29) is 6.29 Å². The molecule has 0 radical (unpaired) electrons. The average Bonchev–Trinajstić information content (AvgIpc) is 2.36. The van der Waals surface area contributed by atoms with Crippen LogP contribution >= 0.6 is 0 Å². The molecule has 0 unspecified atom stereocenters. The number of hydrogen-bond donors (Lipinski definition) is 1. The third-order valence-corrected chi connectivity index (χ3v) is 3.54. The molecule has 0 saturated carbocycles. The maximum absolute atomic E-state index is 5.11. The molecule has 0 aliphatic carbocycles. The minimum Gasteiger partial charge on any atom is -0.355 e. The van der Waals surface area contributed by atoms with Gasteiger partial charge in [-0.1, -0.05) is 6.92 Å². The van der Waals surface area contributed by atoms with E-state index in [1.54, 1.807) is 14.2 Å². The van der Waals surface area contributed by atoms with Crippen molar-refractivity contribution in [3.05, 3.63) is 0 Å². The van der Waals surface area contributed by atoms with Gasteiger partial charge >= 0.3 is 0 Å². The molecule has 1 aliphatic heterocycles. The van der Waals surface area contributed by atoms with E-state index in [0.717, 1.165) is 19.0 Å². The minimum atomic E-state index is -0.120. The summed E-state index contributed by atoms with van der Waals surface area (Å²) in [6, 6.07) is 0. The average molecular weight is 244 g/mol. The first-order valence-electron chi connectivity index (χ1n) is 6.75. The number of ether oxygens (including phenoxy) is 2. The van der Waals surface area contributed by atoms with Crippen LogP contribution in [0.25, 0.3) is 0 Å². The third-order valence-electron chi connectivity index (χ3n) is 3.54. The summed E-state index contributed by atoms with van der Waals surface area (Å²) < 4.78 is 10.2. The number of nitrogens with zero attached hydrogens (tertiary/aromatic N) is 1. The lowest BCUT2D eigenvalue weighted by atomic mass is 9.99. The topological polar surface area (TPSA) is 33.7 Å². The monoisotopic (exact) mass is 244 g/mol. The molecule has 1 heterocycles. The number of hydrogen-bond acceptors (Lipinski definition) is 4. The van der Waals surface area contributed by atoms with Gasteiger partial charge in [-0.25, -0.2) is 0 Å². The number of nitrogens with one attached hydrogen (secondary N) is 1. The van der Waals surface area contributed by atoms with Crippen LogP contribution in [0, 0.1) is 5.92 Å². The summed E-state index contributed by atoms with van der Waals surface area (Å²) in [4.78, 5) is 2.58. The molecule has 1 rings (SSSR count). The summed E-state index contributed by atoms with van der Waals surface area (Å²) in [6.07, 6.45) is 3.81. The molecule has 0 amide bonds. The molecule has 0 aromatic carbocycles. The van der Waals surface area contributed by atoms with E-state index in [4.69, 9.17) is 9.47 Å². The van der Waals surface area contributed by atoms with Crippen LogP contribution in [0.3, 0.4) is 0 Å². The second kappa shape index (κ2) is 8.86. The molecular formula is C13H28N2O2. The SMILES string of the molecule is COC(CNCCCN1CCC(C)CC1)OC. The van der Waals surface area contributed by atoms with Gasteiger partial charge < -0.3 is 19.7 Å². The lowest BCUT2D eigenvalue weighted by molar-refractivity contribution is -0.0986. The lowest BCUT2D eigenvalue weighted by Crippen LogP contribution is -2.36. The normalized spacial score (nSPS) is 19.1. The molecule has 0 bridgehead atoms. The molecule has 17 heavy (non-hydrogen) atoms. The van der Waals surface area contributed by atoms with Gasteiger partial charge in [0.25, 0.3) is 0 Å². The van der Waals surface area contributed by atoms with Crippen molar-refractivity contribution in [2.75, 3.05) is 46.9 Å². The highest BCUT2D eigenvalue weighted by Gasteiger charge is 2.14. The van der Waals surface area contributed by atoms with Crippen molar-refractivity contribution in [1.82, 2.24) is 10.2 Å². The van der Waals surface area contributed by atoms with Crippen LogP contribution in [0.1, 0.15) is 26.2 Å². The number of piperidine rings is 1. The molecule has 4 heteroatoms. The summed E-state index contributed by atoms with van der Waals surface area (Å²) >= 11 is 0. The van der Waals surface area contributed by atoms with Crippen molar-refractivity contribution in [3.8, 4) is 0 Å². The van der Waals surface area contributed by atoms with Crippen LogP contribution in [0.2, 0.25) is 0 Å². The van der Waals surface area contributed by atoms with Gasteiger partial charge in [-0.2, -0.15) is 0 Å². The van der Waals surface area contributed by atoms with E-state index in [1.807, 2.05) is 0 Å². The highest BCUT2D eigenvalue weighted by atomic mass is 16.7. The molecular weight excluding hydrogens is 216 g/mol. The predicted octanol–water partition coefficient (Wildman–Crippen LogP) is 1.32. The van der Waals surface area contributed by atoms with E-state index in [0.29, 0.717) is 0 Å². The second-order valence-electron chi connectivity index (χ2n) is 4.98. The number of methoxy groups -OCH3 is 2. The van der Waals surface area contributed by atoms with Crippen LogP contribution in [0.4, 0.5) is 0 Å². The molecule has 0 atom stereocenters. The smallest absolute Gasteiger partial charge is 0.169 e. The minimum absolute atomic E-state index is 0.120.